The molecule has 0 aliphatic carbocycles. The smallest absolute Gasteiger partial charge is 0.0234 e. The Morgan fingerprint density at radius 3 is 1.21 bits per heavy atom. The predicted molar refractivity (Wildman–Crippen MR) is 121 cm³/mol. The Bertz CT molecular complexity index is 628. The minimum Gasteiger partial charge on any atom is -0.301 e. The maximum atomic E-state index is 2.70. The monoisotopic (exact) mass is 392 g/mol. The van der Waals surface area contributed by atoms with E-state index in [-0.39, 0.29) is 0 Å². The molecule has 29 heavy (non-hydrogen) atoms. The lowest BCUT2D eigenvalue weighted by Crippen LogP contribution is -2.48. The number of rotatable bonds is 4. The number of hydrogen-bond donors (Lipinski definition) is 0. The van der Waals surface area contributed by atoms with Crippen LogP contribution in [0.5, 0.6) is 0 Å². The van der Waals surface area contributed by atoms with Crippen molar-refractivity contribution in [2.75, 3.05) is 65.4 Å². The fraction of sp³-hybridized carbons (Fsp3) is 0.520. The van der Waals surface area contributed by atoms with Gasteiger partial charge in [-0.15, -0.1) is 0 Å². The quantitative estimate of drug-likeness (QED) is 0.793. The maximum Gasteiger partial charge on any atom is 0.0234 e. The average molecular weight is 393 g/mol. The number of nitrogens with zero attached hydrogens (tertiary/aromatic N) is 4. The molecule has 0 radical (unpaired) electrons. The zero-order chi connectivity index (χ0) is 19.7. The first-order chi connectivity index (χ1) is 14.3. The number of hydrogen-bond acceptors (Lipinski definition) is 4. The van der Waals surface area contributed by atoms with Crippen LogP contribution in [0.25, 0.3) is 0 Å². The molecule has 4 nitrogen and oxygen atoms in total. The van der Waals surface area contributed by atoms with Crippen molar-refractivity contribution >= 4 is 0 Å². The van der Waals surface area contributed by atoms with Gasteiger partial charge in [0.15, 0.2) is 0 Å². The van der Waals surface area contributed by atoms with Crippen molar-refractivity contribution in [1.82, 2.24) is 19.6 Å². The van der Waals surface area contributed by atoms with Gasteiger partial charge >= 0.3 is 0 Å². The minimum absolute atomic E-state index is 1.07. The van der Waals surface area contributed by atoms with Gasteiger partial charge in [0.05, 0.1) is 0 Å². The third-order valence-electron chi connectivity index (χ3n) is 6.38. The van der Waals surface area contributed by atoms with Gasteiger partial charge in [-0.1, -0.05) is 60.7 Å². The Morgan fingerprint density at radius 2 is 0.828 bits per heavy atom. The molecule has 2 aromatic carbocycles. The Morgan fingerprint density at radius 1 is 0.448 bits per heavy atom. The third kappa shape index (κ3) is 6.65. The molecule has 2 aliphatic rings. The first-order valence-corrected chi connectivity index (χ1v) is 11.3. The van der Waals surface area contributed by atoms with Gasteiger partial charge in [-0.25, -0.2) is 0 Å². The summed E-state index contributed by atoms with van der Waals surface area (Å²) in [5, 5.41) is 0. The summed E-state index contributed by atoms with van der Waals surface area (Å²) in [6.45, 7) is 14.0. The maximum absolute atomic E-state index is 2.70. The van der Waals surface area contributed by atoms with Crippen molar-refractivity contribution in [2.24, 2.45) is 0 Å². The molecule has 4 rings (SSSR count). The second-order valence-electron chi connectivity index (χ2n) is 8.56. The molecular weight excluding hydrogens is 356 g/mol. The highest BCUT2D eigenvalue weighted by Gasteiger charge is 2.19. The molecule has 2 aromatic rings. The molecule has 0 N–H and O–H groups in total. The van der Waals surface area contributed by atoms with E-state index >= 15 is 0 Å². The SMILES string of the molecule is c1ccc(CN2CCN3CCCN(CC2)CCN(Cc2ccccc2)CC3)cc1. The van der Waals surface area contributed by atoms with Crippen LogP contribution in [-0.2, 0) is 13.1 Å². The highest BCUT2D eigenvalue weighted by atomic mass is 15.3. The van der Waals surface area contributed by atoms with Crippen molar-refractivity contribution in [3.8, 4) is 0 Å². The fourth-order valence-corrected chi connectivity index (χ4v) is 4.54. The van der Waals surface area contributed by atoms with Gasteiger partial charge in [0, 0.05) is 65.4 Å². The summed E-state index contributed by atoms with van der Waals surface area (Å²) in [4.78, 5) is 10.7. The minimum atomic E-state index is 1.07. The molecule has 2 fully saturated rings. The van der Waals surface area contributed by atoms with Crippen molar-refractivity contribution in [1.29, 1.82) is 0 Å². The van der Waals surface area contributed by atoms with Crippen LogP contribution in [0.1, 0.15) is 17.5 Å². The highest BCUT2D eigenvalue weighted by molar-refractivity contribution is 5.15. The zero-order valence-electron chi connectivity index (χ0n) is 17.8. The van der Waals surface area contributed by atoms with Crippen molar-refractivity contribution in [2.45, 2.75) is 19.5 Å². The van der Waals surface area contributed by atoms with E-state index in [9.17, 15) is 0 Å². The second-order valence-corrected chi connectivity index (χ2v) is 8.56. The molecule has 2 aliphatic heterocycles. The average Bonchev–Trinajstić information content (AvgIpc) is 2.76. The summed E-state index contributed by atoms with van der Waals surface area (Å²) in [5.41, 5.74) is 2.87. The Labute approximate surface area is 176 Å². The summed E-state index contributed by atoms with van der Waals surface area (Å²) in [7, 11) is 0. The molecule has 0 amide bonds. The van der Waals surface area contributed by atoms with E-state index in [1.165, 1.54) is 83.0 Å². The fourth-order valence-electron chi connectivity index (χ4n) is 4.54. The molecule has 0 atom stereocenters. The standard InChI is InChI=1S/C25H36N4/c1-3-8-24(9-4-1)22-28-18-14-26-12-7-13-27(15-19-28)17-21-29(20-16-26)23-25-10-5-2-6-11-25/h1-6,8-11H,7,12-23H2. The topological polar surface area (TPSA) is 13.0 Å². The largest absolute Gasteiger partial charge is 0.301 e. The van der Waals surface area contributed by atoms with Gasteiger partial charge in [0.2, 0.25) is 0 Å². The van der Waals surface area contributed by atoms with Crippen LogP contribution >= 0.6 is 0 Å². The van der Waals surface area contributed by atoms with Crippen molar-refractivity contribution in [3.05, 3.63) is 71.8 Å². The summed E-state index contributed by atoms with van der Waals surface area (Å²) >= 11 is 0. The van der Waals surface area contributed by atoms with Gasteiger partial charge in [0.25, 0.3) is 0 Å². The first-order valence-electron chi connectivity index (χ1n) is 11.3. The van der Waals surface area contributed by atoms with Crippen molar-refractivity contribution < 1.29 is 0 Å². The van der Waals surface area contributed by atoms with E-state index in [1.54, 1.807) is 0 Å². The molecule has 2 saturated heterocycles. The summed E-state index contributed by atoms with van der Waals surface area (Å²) in [6, 6.07) is 21.9. The second kappa shape index (κ2) is 10.9. The van der Waals surface area contributed by atoms with Crippen LogP contribution in [0.3, 0.4) is 0 Å². The summed E-state index contributed by atoms with van der Waals surface area (Å²) in [6.07, 6.45) is 1.30. The molecule has 0 spiro atoms. The summed E-state index contributed by atoms with van der Waals surface area (Å²) in [5.74, 6) is 0. The van der Waals surface area contributed by atoms with Crippen LogP contribution < -0.4 is 0 Å². The van der Waals surface area contributed by atoms with Crippen LogP contribution in [-0.4, -0.2) is 85.0 Å². The van der Waals surface area contributed by atoms with Gasteiger partial charge in [-0.3, -0.25) is 9.80 Å². The Balaban J connectivity index is 1.40. The summed E-state index contributed by atoms with van der Waals surface area (Å²) < 4.78 is 0. The third-order valence-corrected chi connectivity index (χ3v) is 6.38. The van der Waals surface area contributed by atoms with Gasteiger partial charge in [-0.05, 0) is 30.6 Å². The molecule has 0 aromatic heterocycles. The first kappa shape index (κ1) is 20.5. The number of benzene rings is 2. The van der Waals surface area contributed by atoms with Crippen LogP contribution in [0.4, 0.5) is 0 Å². The van der Waals surface area contributed by atoms with E-state index in [1.807, 2.05) is 0 Å². The lowest BCUT2D eigenvalue weighted by Gasteiger charge is -2.36. The van der Waals surface area contributed by atoms with E-state index in [4.69, 9.17) is 0 Å². The molecule has 2 bridgehead atoms. The molecule has 4 heteroatoms. The number of fused-ring (bicyclic) bond motifs is 4. The van der Waals surface area contributed by atoms with Gasteiger partial charge < -0.3 is 9.80 Å². The molecular formula is C25H36N4. The molecule has 156 valence electrons. The van der Waals surface area contributed by atoms with Crippen molar-refractivity contribution in [3.63, 3.8) is 0 Å². The molecule has 2 heterocycles. The van der Waals surface area contributed by atoms with E-state index in [0.29, 0.717) is 0 Å². The van der Waals surface area contributed by atoms with E-state index in [2.05, 4.69) is 80.3 Å². The van der Waals surface area contributed by atoms with Crippen LogP contribution in [0.2, 0.25) is 0 Å². The predicted octanol–water partition coefficient (Wildman–Crippen LogP) is 3.01. The van der Waals surface area contributed by atoms with Gasteiger partial charge in [-0.2, -0.15) is 0 Å². The highest BCUT2D eigenvalue weighted by Crippen LogP contribution is 2.11. The van der Waals surface area contributed by atoms with Gasteiger partial charge in [0.1, 0.15) is 0 Å². The normalized spacial score (nSPS) is 25.1. The Hall–Kier alpha value is -1.72. The molecule has 0 unspecified atom stereocenters. The van der Waals surface area contributed by atoms with Crippen LogP contribution in [0, 0.1) is 0 Å². The van der Waals surface area contributed by atoms with E-state index < -0.39 is 0 Å². The van der Waals surface area contributed by atoms with E-state index in [0.717, 1.165) is 13.1 Å². The Kier molecular flexibility index (Phi) is 7.71. The zero-order valence-corrected chi connectivity index (χ0v) is 17.8. The lowest BCUT2D eigenvalue weighted by molar-refractivity contribution is 0.106. The van der Waals surface area contributed by atoms with Crippen LogP contribution in [0.15, 0.2) is 60.7 Å². The molecule has 0 saturated carbocycles. The lowest BCUT2D eigenvalue weighted by atomic mass is 10.2.